The Hall–Kier alpha value is -1.43. The molecule has 1 fully saturated rings. The number of carbonyl (C=O) groups excluding carboxylic acids is 1. The number of rotatable bonds is 7. The second kappa shape index (κ2) is 8.12. The van der Waals surface area contributed by atoms with Crippen molar-refractivity contribution in [3.05, 3.63) is 29.8 Å². The van der Waals surface area contributed by atoms with Crippen molar-refractivity contribution < 1.29 is 9.53 Å². The van der Waals surface area contributed by atoms with E-state index in [-0.39, 0.29) is 5.91 Å². The fraction of sp³-hybridized carbons (Fsp3) is 0.562. The molecule has 5 nitrogen and oxygen atoms in total. The maximum Gasteiger partial charge on any atom is 0.225 e. The van der Waals surface area contributed by atoms with Crippen molar-refractivity contribution in [2.75, 3.05) is 38.7 Å². The van der Waals surface area contributed by atoms with Crippen molar-refractivity contribution in [3.8, 4) is 0 Å². The predicted octanol–water partition coefficient (Wildman–Crippen LogP) is 1.44. The molecular formula is C16H25N3O2. The summed E-state index contributed by atoms with van der Waals surface area (Å²) in [7, 11) is 1.74. The third-order valence-electron chi connectivity index (χ3n) is 3.90. The predicted molar refractivity (Wildman–Crippen MR) is 84.0 cm³/mol. The molecule has 1 amide bonds. The Balaban J connectivity index is 1.70. The highest BCUT2D eigenvalue weighted by molar-refractivity contribution is 5.90. The van der Waals surface area contributed by atoms with Crippen LogP contribution in [0.2, 0.25) is 0 Å². The van der Waals surface area contributed by atoms with Gasteiger partial charge in [-0.2, -0.15) is 0 Å². The van der Waals surface area contributed by atoms with Crippen molar-refractivity contribution >= 4 is 11.6 Å². The molecule has 116 valence electrons. The number of likely N-dealkylation sites (tertiary alicyclic amines) is 1. The molecule has 21 heavy (non-hydrogen) atoms. The van der Waals surface area contributed by atoms with Crippen LogP contribution >= 0.6 is 0 Å². The van der Waals surface area contributed by atoms with E-state index in [1.165, 1.54) is 0 Å². The highest BCUT2D eigenvalue weighted by atomic mass is 16.5. The molecule has 5 heteroatoms. The van der Waals surface area contributed by atoms with E-state index in [2.05, 4.69) is 10.2 Å². The minimum Gasteiger partial charge on any atom is -0.384 e. The zero-order valence-corrected chi connectivity index (χ0v) is 12.7. The lowest BCUT2D eigenvalue weighted by atomic mass is 10.1. The number of carbonyl (C=O) groups is 1. The molecule has 0 bridgehead atoms. The van der Waals surface area contributed by atoms with Gasteiger partial charge in [-0.05, 0) is 36.6 Å². The summed E-state index contributed by atoms with van der Waals surface area (Å²) >= 11 is 0. The molecule has 1 saturated heterocycles. The Morgan fingerprint density at radius 3 is 2.86 bits per heavy atom. The molecular weight excluding hydrogens is 266 g/mol. The Kier molecular flexibility index (Phi) is 6.17. The Bertz CT molecular complexity index is 447. The number of methoxy groups -OCH3 is 1. The smallest absolute Gasteiger partial charge is 0.225 e. The molecule has 1 aliphatic heterocycles. The SMILES string of the molecule is COCC1CCN(CCC(=O)Nc2ccc(CN)cc2)C1. The van der Waals surface area contributed by atoms with Gasteiger partial charge in [0.25, 0.3) is 0 Å². The second-order valence-electron chi connectivity index (χ2n) is 5.61. The summed E-state index contributed by atoms with van der Waals surface area (Å²) in [4.78, 5) is 14.3. The first-order valence-electron chi connectivity index (χ1n) is 7.51. The van der Waals surface area contributed by atoms with E-state index in [0.29, 0.717) is 18.9 Å². The van der Waals surface area contributed by atoms with Gasteiger partial charge in [-0.1, -0.05) is 12.1 Å². The molecule has 0 radical (unpaired) electrons. The number of nitrogens with two attached hydrogens (primary N) is 1. The van der Waals surface area contributed by atoms with Crippen LogP contribution in [0.3, 0.4) is 0 Å². The number of ether oxygens (including phenoxy) is 1. The number of amides is 1. The van der Waals surface area contributed by atoms with E-state index in [9.17, 15) is 4.79 Å². The number of nitrogens with zero attached hydrogens (tertiary/aromatic N) is 1. The standard InChI is InChI=1S/C16H25N3O2/c1-21-12-14-6-8-19(11-14)9-7-16(20)18-15-4-2-13(10-17)3-5-15/h2-5,14H,6-12,17H2,1H3,(H,18,20). The number of hydrogen-bond donors (Lipinski definition) is 2. The van der Waals surface area contributed by atoms with Crippen LogP contribution in [0.5, 0.6) is 0 Å². The largest absolute Gasteiger partial charge is 0.384 e. The molecule has 0 aliphatic carbocycles. The monoisotopic (exact) mass is 291 g/mol. The lowest BCUT2D eigenvalue weighted by molar-refractivity contribution is -0.116. The van der Waals surface area contributed by atoms with Gasteiger partial charge >= 0.3 is 0 Å². The van der Waals surface area contributed by atoms with E-state index in [4.69, 9.17) is 10.5 Å². The number of anilines is 1. The van der Waals surface area contributed by atoms with Crippen LogP contribution < -0.4 is 11.1 Å². The first-order chi connectivity index (χ1) is 10.2. The van der Waals surface area contributed by atoms with Crippen LogP contribution in [-0.4, -0.2) is 44.2 Å². The van der Waals surface area contributed by atoms with Gasteiger partial charge in [0, 0.05) is 38.9 Å². The van der Waals surface area contributed by atoms with Crippen molar-refractivity contribution in [3.63, 3.8) is 0 Å². The molecule has 0 aromatic heterocycles. The number of nitrogens with one attached hydrogen (secondary N) is 1. The highest BCUT2D eigenvalue weighted by Gasteiger charge is 2.22. The average Bonchev–Trinajstić information content (AvgIpc) is 2.94. The van der Waals surface area contributed by atoms with Crippen LogP contribution in [0.25, 0.3) is 0 Å². The van der Waals surface area contributed by atoms with Crippen molar-refractivity contribution in [1.82, 2.24) is 4.90 Å². The topological polar surface area (TPSA) is 67.6 Å². The van der Waals surface area contributed by atoms with Crippen LogP contribution in [-0.2, 0) is 16.1 Å². The fourth-order valence-corrected chi connectivity index (χ4v) is 2.70. The summed E-state index contributed by atoms with van der Waals surface area (Å²) in [6.45, 7) is 4.24. The summed E-state index contributed by atoms with van der Waals surface area (Å²) in [6.07, 6.45) is 1.69. The van der Waals surface area contributed by atoms with Gasteiger partial charge in [0.2, 0.25) is 5.91 Å². The van der Waals surface area contributed by atoms with Crippen LogP contribution in [0.15, 0.2) is 24.3 Å². The van der Waals surface area contributed by atoms with E-state index in [0.717, 1.165) is 43.9 Å². The second-order valence-corrected chi connectivity index (χ2v) is 5.61. The summed E-state index contributed by atoms with van der Waals surface area (Å²) < 4.78 is 5.18. The molecule has 1 aliphatic rings. The van der Waals surface area contributed by atoms with Gasteiger partial charge in [-0.15, -0.1) is 0 Å². The number of benzene rings is 1. The highest BCUT2D eigenvalue weighted by Crippen LogP contribution is 2.16. The van der Waals surface area contributed by atoms with Gasteiger partial charge in [-0.25, -0.2) is 0 Å². The summed E-state index contributed by atoms with van der Waals surface area (Å²) in [5, 5.41) is 2.92. The molecule has 1 heterocycles. The lowest BCUT2D eigenvalue weighted by Gasteiger charge is -2.15. The molecule has 1 atom stereocenters. The van der Waals surface area contributed by atoms with E-state index >= 15 is 0 Å². The summed E-state index contributed by atoms with van der Waals surface area (Å²) in [5.41, 5.74) is 7.44. The molecule has 0 saturated carbocycles. The average molecular weight is 291 g/mol. The van der Waals surface area contributed by atoms with E-state index in [1.54, 1.807) is 7.11 Å². The molecule has 1 aromatic rings. The minimum absolute atomic E-state index is 0.0608. The maximum absolute atomic E-state index is 11.9. The van der Waals surface area contributed by atoms with Crippen molar-refractivity contribution in [2.45, 2.75) is 19.4 Å². The van der Waals surface area contributed by atoms with Crippen molar-refractivity contribution in [1.29, 1.82) is 0 Å². The Morgan fingerprint density at radius 1 is 1.43 bits per heavy atom. The molecule has 1 unspecified atom stereocenters. The van der Waals surface area contributed by atoms with Gasteiger partial charge in [0.05, 0.1) is 6.61 Å². The van der Waals surface area contributed by atoms with Gasteiger partial charge < -0.3 is 20.7 Å². The van der Waals surface area contributed by atoms with Gasteiger partial charge in [0.1, 0.15) is 0 Å². The summed E-state index contributed by atoms with van der Waals surface area (Å²) in [6, 6.07) is 7.66. The zero-order chi connectivity index (χ0) is 15.1. The maximum atomic E-state index is 11.9. The van der Waals surface area contributed by atoms with E-state index < -0.39 is 0 Å². The van der Waals surface area contributed by atoms with Gasteiger partial charge in [-0.3, -0.25) is 4.79 Å². The van der Waals surface area contributed by atoms with E-state index in [1.807, 2.05) is 24.3 Å². The van der Waals surface area contributed by atoms with Crippen molar-refractivity contribution in [2.24, 2.45) is 11.7 Å². The third kappa shape index (κ3) is 5.12. The van der Waals surface area contributed by atoms with Crippen LogP contribution in [0, 0.1) is 5.92 Å². The molecule has 2 rings (SSSR count). The third-order valence-corrected chi connectivity index (χ3v) is 3.90. The molecule has 3 N–H and O–H groups in total. The van der Waals surface area contributed by atoms with Gasteiger partial charge in [0.15, 0.2) is 0 Å². The number of hydrogen-bond acceptors (Lipinski definition) is 4. The lowest BCUT2D eigenvalue weighted by Crippen LogP contribution is -2.26. The zero-order valence-electron chi connectivity index (χ0n) is 12.7. The summed E-state index contributed by atoms with van der Waals surface area (Å²) in [5.74, 6) is 0.674. The quantitative estimate of drug-likeness (QED) is 0.798. The Labute approximate surface area is 126 Å². The van der Waals surface area contributed by atoms with Crippen LogP contribution in [0.4, 0.5) is 5.69 Å². The van der Waals surface area contributed by atoms with Crippen LogP contribution in [0.1, 0.15) is 18.4 Å². The normalized spacial score (nSPS) is 18.9. The first-order valence-corrected chi connectivity index (χ1v) is 7.51. The fourth-order valence-electron chi connectivity index (χ4n) is 2.70. The molecule has 1 aromatic carbocycles. The molecule has 0 spiro atoms. The first kappa shape index (κ1) is 15.9. The Morgan fingerprint density at radius 2 is 2.19 bits per heavy atom. The minimum atomic E-state index is 0.0608.